The van der Waals surface area contributed by atoms with Crippen LogP contribution < -0.4 is 16.0 Å². The van der Waals surface area contributed by atoms with Gasteiger partial charge in [-0.25, -0.2) is 0 Å². The summed E-state index contributed by atoms with van der Waals surface area (Å²) in [6.07, 6.45) is 1.00. The number of amides is 4. The van der Waals surface area contributed by atoms with E-state index in [0.29, 0.717) is 45.8 Å². The first-order valence-electron chi connectivity index (χ1n) is 15.2. The number of carbonyl (C=O) groups excluding carboxylic acids is 5. The molecule has 0 bridgehead atoms. The summed E-state index contributed by atoms with van der Waals surface area (Å²) in [5.41, 5.74) is -0.0340. The molecule has 5 atom stereocenters. The Balaban J connectivity index is 1.42. The quantitative estimate of drug-likeness (QED) is 0.254. The zero-order chi connectivity index (χ0) is 31.1. The molecule has 3 fully saturated rings. The Morgan fingerprint density at radius 2 is 1.74 bits per heavy atom. The van der Waals surface area contributed by atoms with Gasteiger partial charge in [0.2, 0.25) is 23.6 Å². The highest BCUT2D eigenvalue weighted by molar-refractivity contribution is 5.99. The predicted octanol–water partition coefficient (Wildman–Crippen LogP) is 0.0406. The van der Waals surface area contributed by atoms with Crippen LogP contribution in [0, 0.1) is 5.92 Å². The van der Waals surface area contributed by atoms with Gasteiger partial charge in [0.25, 0.3) is 0 Å². The van der Waals surface area contributed by atoms with Crippen LogP contribution in [0.1, 0.15) is 46.1 Å². The SMILES string of the molecule is CC(C)CC(NC(=O)C(Cc1ccccc1)N1C(=O)[C@@H](NC(=O)CNC(=O)CN2CCOCC2)CC1C)C(=O)C1(C)CO1. The van der Waals surface area contributed by atoms with E-state index >= 15 is 0 Å². The first kappa shape index (κ1) is 32.6. The average Bonchev–Trinajstić information content (AvgIpc) is 3.67. The maximum atomic E-state index is 13.9. The van der Waals surface area contributed by atoms with Crippen LogP contribution in [-0.4, -0.2) is 115 Å². The van der Waals surface area contributed by atoms with Gasteiger partial charge >= 0.3 is 0 Å². The van der Waals surface area contributed by atoms with Crippen LogP contribution in [0.2, 0.25) is 0 Å². The van der Waals surface area contributed by atoms with Crippen molar-refractivity contribution in [2.45, 2.75) is 76.7 Å². The van der Waals surface area contributed by atoms with Crippen molar-refractivity contribution in [2.75, 3.05) is 46.0 Å². The summed E-state index contributed by atoms with van der Waals surface area (Å²) in [4.78, 5) is 69.3. The monoisotopic (exact) mass is 599 g/mol. The van der Waals surface area contributed by atoms with Crippen molar-refractivity contribution in [1.29, 1.82) is 0 Å². The van der Waals surface area contributed by atoms with Crippen molar-refractivity contribution in [2.24, 2.45) is 5.92 Å². The fourth-order valence-electron chi connectivity index (χ4n) is 5.72. The number of carbonyl (C=O) groups is 5. The normalized spacial score (nSPS) is 25.2. The molecule has 4 unspecified atom stereocenters. The van der Waals surface area contributed by atoms with Crippen molar-refractivity contribution in [3.8, 4) is 0 Å². The summed E-state index contributed by atoms with van der Waals surface area (Å²) in [7, 11) is 0. The van der Waals surface area contributed by atoms with Gasteiger partial charge in [-0.15, -0.1) is 0 Å². The highest BCUT2D eigenvalue weighted by Gasteiger charge is 2.51. The van der Waals surface area contributed by atoms with Crippen molar-refractivity contribution in [3.63, 3.8) is 0 Å². The van der Waals surface area contributed by atoms with Gasteiger partial charge in [0.15, 0.2) is 5.78 Å². The van der Waals surface area contributed by atoms with Gasteiger partial charge in [0, 0.05) is 25.6 Å². The first-order chi connectivity index (χ1) is 20.5. The molecule has 236 valence electrons. The number of likely N-dealkylation sites (tertiary alicyclic amines) is 1. The molecule has 0 saturated carbocycles. The predicted molar refractivity (Wildman–Crippen MR) is 158 cm³/mol. The Kier molecular flexibility index (Phi) is 10.9. The largest absolute Gasteiger partial charge is 0.379 e. The zero-order valence-corrected chi connectivity index (χ0v) is 25.6. The minimum atomic E-state index is -0.897. The topological polar surface area (TPSA) is 150 Å². The molecule has 1 aromatic carbocycles. The Hall–Kier alpha value is -3.35. The van der Waals surface area contributed by atoms with E-state index in [-0.39, 0.29) is 49.1 Å². The number of morpholine rings is 1. The maximum absolute atomic E-state index is 13.9. The Bertz CT molecular complexity index is 1170. The summed E-state index contributed by atoms with van der Waals surface area (Å²) in [6, 6.07) is 6.56. The van der Waals surface area contributed by atoms with E-state index in [9.17, 15) is 24.0 Å². The van der Waals surface area contributed by atoms with Crippen LogP contribution in [0.3, 0.4) is 0 Å². The molecule has 3 heterocycles. The summed E-state index contributed by atoms with van der Waals surface area (Å²) in [5, 5.41) is 8.30. The molecule has 0 aliphatic carbocycles. The minimum Gasteiger partial charge on any atom is -0.379 e. The van der Waals surface area contributed by atoms with Crippen molar-refractivity contribution in [1.82, 2.24) is 25.8 Å². The van der Waals surface area contributed by atoms with Crippen LogP contribution in [0.25, 0.3) is 0 Å². The molecule has 0 spiro atoms. The van der Waals surface area contributed by atoms with E-state index in [1.54, 1.807) is 6.92 Å². The number of hydrogen-bond acceptors (Lipinski definition) is 8. The number of ether oxygens (including phenoxy) is 2. The minimum absolute atomic E-state index is 0.144. The fraction of sp³-hybridized carbons (Fsp3) is 0.645. The molecular formula is C31H45N5O7. The molecule has 0 aromatic heterocycles. The van der Waals surface area contributed by atoms with Crippen LogP contribution in [0.15, 0.2) is 30.3 Å². The molecule has 3 N–H and O–H groups in total. The van der Waals surface area contributed by atoms with Gasteiger partial charge in [-0.05, 0) is 38.2 Å². The van der Waals surface area contributed by atoms with Crippen LogP contribution in [0.5, 0.6) is 0 Å². The van der Waals surface area contributed by atoms with E-state index in [2.05, 4.69) is 16.0 Å². The van der Waals surface area contributed by atoms with Crippen molar-refractivity contribution >= 4 is 29.4 Å². The van der Waals surface area contributed by atoms with E-state index in [4.69, 9.17) is 9.47 Å². The lowest BCUT2D eigenvalue weighted by atomic mass is 9.92. The molecule has 4 rings (SSSR count). The van der Waals surface area contributed by atoms with E-state index in [1.165, 1.54) is 4.90 Å². The van der Waals surface area contributed by atoms with Crippen LogP contribution in [-0.2, 0) is 39.9 Å². The molecule has 12 heteroatoms. The highest BCUT2D eigenvalue weighted by Crippen LogP contribution is 2.30. The Labute approximate surface area is 253 Å². The molecule has 3 aliphatic heterocycles. The van der Waals surface area contributed by atoms with Gasteiger partial charge in [0.1, 0.15) is 17.7 Å². The molecule has 1 aromatic rings. The zero-order valence-electron chi connectivity index (χ0n) is 25.6. The number of Topliss-reactive ketones (excluding diaryl/α,β-unsaturated/α-hetero) is 1. The standard InChI is InChI=1S/C31H45N5O7/c1-20(2)14-23(28(39)31(4)19-43-31)34-29(40)25(16-22-8-6-5-7-9-22)36-21(3)15-24(30(36)41)33-26(37)17-32-27(38)18-35-10-12-42-13-11-35/h5-9,20-21,23-25H,10-19H2,1-4H3,(H,32,38)(H,33,37)(H,34,40)/t21?,23?,24-,25?,31?/m0/s1. The van der Waals surface area contributed by atoms with Crippen molar-refractivity contribution < 1.29 is 33.4 Å². The van der Waals surface area contributed by atoms with Gasteiger partial charge in [-0.3, -0.25) is 28.9 Å². The summed E-state index contributed by atoms with van der Waals surface area (Å²) in [5.74, 6) is -1.58. The second-order valence-electron chi connectivity index (χ2n) is 12.4. The molecular weight excluding hydrogens is 554 g/mol. The Morgan fingerprint density at radius 3 is 2.37 bits per heavy atom. The average molecular weight is 600 g/mol. The number of epoxide rings is 1. The molecule has 3 saturated heterocycles. The van der Waals surface area contributed by atoms with E-state index in [1.807, 2.05) is 56.0 Å². The third kappa shape index (κ3) is 8.84. The molecule has 43 heavy (non-hydrogen) atoms. The number of nitrogens with one attached hydrogen (secondary N) is 3. The number of benzene rings is 1. The van der Waals surface area contributed by atoms with Gasteiger partial charge in [0.05, 0.1) is 39.0 Å². The number of rotatable bonds is 14. The van der Waals surface area contributed by atoms with E-state index in [0.717, 1.165) is 5.56 Å². The summed E-state index contributed by atoms with van der Waals surface area (Å²) >= 11 is 0. The summed E-state index contributed by atoms with van der Waals surface area (Å²) < 4.78 is 10.7. The first-order valence-corrected chi connectivity index (χ1v) is 15.2. The van der Waals surface area contributed by atoms with Crippen LogP contribution in [0.4, 0.5) is 0 Å². The molecule has 4 amide bonds. The lowest BCUT2D eigenvalue weighted by molar-refractivity contribution is -0.141. The van der Waals surface area contributed by atoms with Crippen molar-refractivity contribution in [3.05, 3.63) is 35.9 Å². The van der Waals surface area contributed by atoms with Gasteiger partial charge in [-0.2, -0.15) is 0 Å². The summed E-state index contributed by atoms with van der Waals surface area (Å²) in [6.45, 7) is 10.2. The number of hydrogen-bond donors (Lipinski definition) is 3. The van der Waals surface area contributed by atoms with E-state index < -0.39 is 35.5 Å². The second-order valence-corrected chi connectivity index (χ2v) is 12.4. The number of nitrogens with zero attached hydrogens (tertiary/aromatic N) is 2. The number of ketones is 1. The smallest absolute Gasteiger partial charge is 0.246 e. The lowest BCUT2D eigenvalue weighted by Gasteiger charge is -2.32. The molecule has 0 radical (unpaired) electrons. The third-order valence-corrected chi connectivity index (χ3v) is 8.21. The lowest BCUT2D eigenvalue weighted by Crippen LogP contribution is -2.57. The third-order valence-electron chi connectivity index (χ3n) is 8.21. The second kappa shape index (κ2) is 14.4. The highest BCUT2D eigenvalue weighted by atomic mass is 16.6. The van der Waals surface area contributed by atoms with Gasteiger partial charge in [-0.1, -0.05) is 44.2 Å². The Morgan fingerprint density at radius 1 is 1.07 bits per heavy atom. The maximum Gasteiger partial charge on any atom is 0.246 e. The van der Waals surface area contributed by atoms with Gasteiger partial charge < -0.3 is 30.3 Å². The molecule has 12 nitrogen and oxygen atoms in total. The fourth-order valence-corrected chi connectivity index (χ4v) is 5.72. The molecule has 3 aliphatic rings. The van der Waals surface area contributed by atoms with Crippen LogP contribution >= 0.6 is 0 Å².